The van der Waals surface area contributed by atoms with Gasteiger partial charge in [-0.25, -0.2) is 12.8 Å². The standard InChI is InChI=1S/C19H23FIN3O4S/c1-12-10-16(23-29(27,28)19(7-8-19)6-3-9-25)17(24(2)18(12)26)22-15-5-4-13(21)11-14(15)20/h4-5,10-11,22-23,25H,3,6-9H2,1-2H3. The number of benzene rings is 1. The minimum Gasteiger partial charge on any atom is -0.396 e. The summed E-state index contributed by atoms with van der Waals surface area (Å²) in [6.07, 6.45) is 1.79. The van der Waals surface area contributed by atoms with E-state index in [1.54, 1.807) is 13.0 Å². The zero-order valence-electron chi connectivity index (χ0n) is 16.1. The van der Waals surface area contributed by atoms with E-state index in [0.29, 0.717) is 34.8 Å². The molecule has 3 N–H and O–H groups in total. The van der Waals surface area contributed by atoms with Gasteiger partial charge in [-0.3, -0.25) is 14.1 Å². The van der Waals surface area contributed by atoms with Gasteiger partial charge in [0.25, 0.3) is 5.56 Å². The summed E-state index contributed by atoms with van der Waals surface area (Å²) in [4.78, 5) is 12.4. The fourth-order valence-corrected chi connectivity index (χ4v) is 5.45. The van der Waals surface area contributed by atoms with E-state index in [-0.39, 0.29) is 29.4 Å². The van der Waals surface area contributed by atoms with E-state index < -0.39 is 20.6 Å². The van der Waals surface area contributed by atoms with Crippen molar-refractivity contribution < 1.29 is 17.9 Å². The maximum Gasteiger partial charge on any atom is 0.254 e. The summed E-state index contributed by atoms with van der Waals surface area (Å²) in [5.41, 5.74) is 0.353. The van der Waals surface area contributed by atoms with Crippen LogP contribution < -0.4 is 15.6 Å². The summed E-state index contributed by atoms with van der Waals surface area (Å²) in [5, 5.41) is 11.9. The summed E-state index contributed by atoms with van der Waals surface area (Å²) in [6.45, 7) is 1.52. The van der Waals surface area contributed by atoms with Crippen LogP contribution in [0.1, 0.15) is 31.2 Å². The first-order valence-corrected chi connectivity index (χ1v) is 11.7. The van der Waals surface area contributed by atoms with Crippen molar-refractivity contribution in [1.82, 2.24) is 4.57 Å². The van der Waals surface area contributed by atoms with Crippen LogP contribution in [0, 0.1) is 16.3 Å². The number of halogens is 2. The van der Waals surface area contributed by atoms with Crippen molar-refractivity contribution in [3.8, 4) is 0 Å². The maximum atomic E-state index is 14.3. The molecule has 0 aliphatic heterocycles. The molecule has 7 nitrogen and oxygen atoms in total. The second-order valence-electron chi connectivity index (χ2n) is 7.32. The first-order valence-electron chi connectivity index (χ1n) is 9.16. The lowest BCUT2D eigenvalue weighted by molar-refractivity contribution is 0.282. The van der Waals surface area contributed by atoms with Crippen LogP contribution in [-0.4, -0.2) is 29.4 Å². The molecule has 158 valence electrons. The fraction of sp³-hybridized carbons (Fsp3) is 0.421. The van der Waals surface area contributed by atoms with Crippen LogP contribution in [0.2, 0.25) is 0 Å². The third-order valence-corrected chi connectivity index (χ3v) is 8.10. The number of aliphatic hydroxyl groups is 1. The summed E-state index contributed by atoms with van der Waals surface area (Å²) < 4.78 is 44.1. The van der Waals surface area contributed by atoms with Crippen molar-refractivity contribution in [2.45, 2.75) is 37.4 Å². The third-order valence-electron chi connectivity index (χ3n) is 5.19. The molecule has 1 saturated carbocycles. The van der Waals surface area contributed by atoms with Crippen LogP contribution in [0.4, 0.5) is 21.6 Å². The molecule has 3 rings (SSSR count). The van der Waals surface area contributed by atoms with E-state index in [2.05, 4.69) is 10.0 Å². The minimum atomic E-state index is -3.76. The van der Waals surface area contributed by atoms with Crippen molar-refractivity contribution in [3.63, 3.8) is 0 Å². The summed E-state index contributed by atoms with van der Waals surface area (Å²) in [7, 11) is -2.26. The predicted octanol–water partition coefficient (Wildman–Crippen LogP) is 3.23. The second-order valence-corrected chi connectivity index (χ2v) is 10.6. The smallest absolute Gasteiger partial charge is 0.254 e. The van der Waals surface area contributed by atoms with Gasteiger partial charge >= 0.3 is 0 Å². The molecule has 10 heteroatoms. The molecule has 1 fully saturated rings. The Kier molecular flexibility index (Phi) is 6.25. The molecule has 0 radical (unpaired) electrons. The number of anilines is 3. The predicted molar refractivity (Wildman–Crippen MR) is 120 cm³/mol. The fourth-order valence-electron chi connectivity index (χ4n) is 3.29. The molecule has 0 spiro atoms. The number of nitrogens with one attached hydrogen (secondary N) is 2. The van der Waals surface area contributed by atoms with Crippen molar-refractivity contribution in [3.05, 3.63) is 49.6 Å². The van der Waals surface area contributed by atoms with E-state index >= 15 is 0 Å². The van der Waals surface area contributed by atoms with E-state index in [0.717, 1.165) is 0 Å². The van der Waals surface area contributed by atoms with Gasteiger partial charge in [0.1, 0.15) is 11.6 Å². The van der Waals surface area contributed by atoms with Gasteiger partial charge in [0.2, 0.25) is 10.0 Å². The summed E-state index contributed by atoms with van der Waals surface area (Å²) in [5.74, 6) is -0.359. The summed E-state index contributed by atoms with van der Waals surface area (Å²) >= 11 is 1.99. The Bertz CT molecular complexity index is 1100. The SMILES string of the molecule is Cc1cc(NS(=O)(=O)C2(CCCO)CC2)c(Nc2ccc(I)cc2F)n(C)c1=O. The Morgan fingerprint density at radius 2 is 1.97 bits per heavy atom. The normalized spacial score (nSPS) is 15.2. The largest absolute Gasteiger partial charge is 0.396 e. The van der Waals surface area contributed by atoms with E-state index in [9.17, 15) is 17.6 Å². The lowest BCUT2D eigenvalue weighted by atomic mass is 10.2. The molecule has 1 aromatic heterocycles. The molecular weight excluding hydrogens is 512 g/mol. The highest BCUT2D eigenvalue weighted by Gasteiger charge is 2.54. The number of aromatic nitrogens is 1. The molecule has 1 aliphatic carbocycles. The number of aliphatic hydroxyl groups excluding tert-OH is 1. The number of sulfonamides is 1. The third kappa shape index (κ3) is 4.43. The first kappa shape index (κ1) is 22.0. The molecule has 1 aromatic carbocycles. The topological polar surface area (TPSA) is 100 Å². The van der Waals surface area contributed by atoms with Gasteiger partial charge in [0.15, 0.2) is 0 Å². The van der Waals surface area contributed by atoms with E-state index in [1.165, 1.54) is 29.8 Å². The van der Waals surface area contributed by atoms with E-state index in [1.807, 2.05) is 22.6 Å². The highest BCUT2D eigenvalue weighted by molar-refractivity contribution is 14.1. The van der Waals surface area contributed by atoms with Crippen LogP contribution in [0.3, 0.4) is 0 Å². The molecule has 2 aromatic rings. The van der Waals surface area contributed by atoms with Crippen molar-refractivity contribution in [2.24, 2.45) is 7.05 Å². The van der Waals surface area contributed by atoms with E-state index in [4.69, 9.17) is 5.11 Å². The van der Waals surface area contributed by atoms with Gasteiger partial charge in [0.05, 0.1) is 16.1 Å². The zero-order chi connectivity index (χ0) is 21.4. The Labute approximate surface area is 182 Å². The molecule has 0 unspecified atom stereocenters. The van der Waals surface area contributed by atoms with Crippen LogP contribution in [-0.2, 0) is 17.1 Å². The molecule has 1 heterocycles. The van der Waals surface area contributed by atoms with Gasteiger partial charge in [-0.2, -0.15) is 0 Å². The van der Waals surface area contributed by atoms with Crippen molar-refractivity contribution >= 4 is 49.8 Å². The van der Waals surface area contributed by atoms with Gasteiger partial charge < -0.3 is 10.4 Å². The van der Waals surface area contributed by atoms with Crippen LogP contribution in [0.25, 0.3) is 0 Å². The Morgan fingerprint density at radius 1 is 1.28 bits per heavy atom. The average Bonchev–Trinajstić information content (AvgIpc) is 3.44. The number of pyridine rings is 1. The van der Waals surface area contributed by atoms with Crippen molar-refractivity contribution in [2.75, 3.05) is 16.6 Å². The quantitative estimate of drug-likeness (QED) is 0.451. The van der Waals surface area contributed by atoms with Crippen LogP contribution in [0.5, 0.6) is 0 Å². The maximum absolute atomic E-state index is 14.3. The Hall–Kier alpha value is -1.66. The second kappa shape index (κ2) is 8.23. The minimum absolute atomic E-state index is 0.0743. The Morgan fingerprint density at radius 3 is 2.55 bits per heavy atom. The first-order chi connectivity index (χ1) is 13.6. The molecule has 0 bridgehead atoms. The zero-order valence-corrected chi connectivity index (χ0v) is 19.1. The lowest BCUT2D eigenvalue weighted by Gasteiger charge is -2.22. The monoisotopic (exact) mass is 535 g/mol. The number of rotatable bonds is 8. The molecule has 0 amide bonds. The van der Waals surface area contributed by atoms with Crippen LogP contribution in [0.15, 0.2) is 29.1 Å². The molecule has 0 saturated heterocycles. The number of hydrogen-bond acceptors (Lipinski definition) is 5. The van der Waals surface area contributed by atoms with Crippen LogP contribution >= 0.6 is 22.6 Å². The molecule has 1 aliphatic rings. The Balaban J connectivity index is 2.02. The van der Waals surface area contributed by atoms with Gasteiger partial charge in [-0.05, 0) is 79.5 Å². The lowest BCUT2D eigenvalue weighted by Crippen LogP contribution is -2.32. The molecule has 0 atom stereocenters. The highest BCUT2D eigenvalue weighted by atomic mass is 127. The summed E-state index contributed by atoms with van der Waals surface area (Å²) in [6, 6.07) is 6.03. The highest BCUT2D eigenvalue weighted by Crippen LogP contribution is 2.48. The van der Waals surface area contributed by atoms with Gasteiger partial charge in [0, 0.05) is 22.8 Å². The van der Waals surface area contributed by atoms with Gasteiger partial charge in [-0.1, -0.05) is 0 Å². The molecule has 29 heavy (non-hydrogen) atoms. The number of aryl methyl sites for hydroxylation is 1. The van der Waals surface area contributed by atoms with Crippen molar-refractivity contribution in [1.29, 1.82) is 0 Å². The molecular formula is C19H23FIN3O4S. The number of nitrogens with zero attached hydrogens (tertiary/aromatic N) is 1. The average molecular weight is 535 g/mol. The van der Waals surface area contributed by atoms with Gasteiger partial charge in [-0.15, -0.1) is 0 Å². The number of hydrogen-bond donors (Lipinski definition) is 3.